The van der Waals surface area contributed by atoms with Crippen LogP contribution in [0.5, 0.6) is 0 Å². The van der Waals surface area contributed by atoms with E-state index in [2.05, 4.69) is 188 Å². The number of aromatic nitrogens is 1. The highest BCUT2D eigenvalue weighted by Gasteiger charge is 2.21. The molecule has 0 N–H and O–H groups in total. The van der Waals surface area contributed by atoms with E-state index >= 15 is 0 Å². The van der Waals surface area contributed by atoms with Crippen LogP contribution < -0.4 is 0 Å². The Morgan fingerprint density at radius 2 is 0.807 bits per heavy atom. The molecule has 12 rings (SSSR count). The van der Waals surface area contributed by atoms with E-state index in [1.165, 1.54) is 108 Å². The number of hydrogen-bond donors (Lipinski definition) is 0. The first kappa shape index (κ1) is 32.1. The second kappa shape index (κ2) is 12.7. The summed E-state index contributed by atoms with van der Waals surface area (Å²) in [6.07, 6.45) is 1.88. The van der Waals surface area contributed by atoms with Crippen molar-refractivity contribution >= 4 is 85.5 Å². The third-order valence-corrected chi connectivity index (χ3v) is 13.1. The van der Waals surface area contributed by atoms with E-state index in [1.807, 2.05) is 23.6 Å². The van der Waals surface area contributed by atoms with Crippen LogP contribution in [-0.4, -0.2) is 4.98 Å². The molecule has 0 amide bonds. The Hall–Kier alpha value is -7.13. The lowest BCUT2D eigenvalue weighted by Gasteiger charge is -2.18. The van der Waals surface area contributed by atoms with Crippen molar-refractivity contribution in [1.82, 2.24) is 4.98 Å². The summed E-state index contributed by atoms with van der Waals surface area (Å²) < 4.78 is 2.62. The van der Waals surface area contributed by atoms with Crippen molar-refractivity contribution in [3.8, 4) is 44.5 Å². The van der Waals surface area contributed by atoms with Gasteiger partial charge in [-0.05, 0) is 106 Å². The Labute approximate surface area is 333 Å². The van der Waals surface area contributed by atoms with Crippen molar-refractivity contribution < 1.29 is 0 Å². The molecule has 2 heterocycles. The van der Waals surface area contributed by atoms with Gasteiger partial charge in [0.1, 0.15) is 0 Å². The topological polar surface area (TPSA) is 12.9 Å². The van der Waals surface area contributed by atoms with Crippen LogP contribution in [0.25, 0.3) is 119 Å². The molecule has 0 aliphatic carbocycles. The number of pyridine rings is 1. The first-order chi connectivity index (χ1) is 28.3. The normalized spacial score (nSPS) is 11.9. The van der Waals surface area contributed by atoms with Crippen LogP contribution in [0.4, 0.5) is 0 Å². The van der Waals surface area contributed by atoms with E-state index in [9.17, 15) is 0 Å². The summed E-state index contributed by atoms with van der Waals surface area (Å²) >= 11 is 1.91. The first-order valence-corrected chi connectivity index (χ1v) is 20.4. The van der Waals surface area contributed by atoms with Gasteiger partial charge in [0.2, 0.25) is 0 Å². The molecule has 12 aromatic rings. The minimum absolute atomic E-state index is 1.01. The third-order valence-electron chi connectivity index (χ3n) is 11.9. The number of thiophene rings is 1. The SMILES string of the molecule is c1ccc(-c2c3ccccc3c(-c3cccc4c3sc3ccc(-c5c6ccccc6c(-c6ccc7cccnc7c6)c6ccccc56)cc34)c3ccccc23)cc1. The van der Waals surface area contributed by atoms with Crippen molar-refractivity contribution in [2.24, 2.45) is 0 Å². The molecule has 57 heavy (non-hydrogen) atoms. The summed E-state index contributed by atoms with van der Waals surface area (Å²) in [5.41, 5.74) is 11.1. The molecule has 0 spiro atoms. The van der Waals surface area contributed by atoms with Gasteiger partial charge in [-0.1, -0.05) is 170 Å². The van der Waals surface area contributed by atoms with E-state index in [0.717, 1.165) is 10.9 Å². The van der Waals surface area contributed by atoms with Crippen molar-refractivity contribution in [2.75, 3.05) is 0 Å². The zero-order chi connectivity index (χ0) is 37.5. The minimum atomic E-state index is 1.01. The molecule has 10 aromatic carbocycles. The summed E-state index contributed by atoms with van der Waals surface area (Å²) in [5.74, 6) is 0. The quantitative estimate of drug-likeness (QED) is 0.164. The molecule has 2 heteroatoms. The zero-order valence-corrected chi connectivity index (χ0v) is 31.7. The maximum atomic E-state index is 4.71. The molecule has 0 bridgehead atoms. The fourth-order valence-corrected chi connectivity index (χ4v) is 10.7. The Morgan fingerprint density at radius 1 is 0.316 bits per heavy atom. The Morgan fingerprint density at radius 3 is 1.40 bits per heavy atom. The highest BCUT2D eigenvalue weighted by molar-refractivity contribution is 7.26. The van der Waals surface area contributed by atoms with Gasteiger partial charge in [0.25, 0.3) is 0 Å². The molecule has 0 saturated carbocycles. The number of hydrogen-bond acceptors (Lipinski definition) is 2. The molecule has 0 fully saturated rings. The van der Waals surface area contributed by atoms with E-state index in [0.29, 0.717) is 0 Å². The number of rotatable bonds is 4. The summed E-state index contributed by atoms with van der Waals surface area (Å²) in [6.45, 7) is 0. The maximum Gasteiger partial charge on any atom is 0.0708 e. The lowest BCUT2D eigenvalue weighted by Crippen LogP contribution is -1.91. The fourth-order valence-electron chi connectivity index (χ4n) is 9.46. The fraction of sp³-hybridized carbons (Fsp3) is 0. The maximum absolute atomic E-state index is 4.71. The molecule has 0 aliphatic heterocycles. The van der Waals surface area contributed by atoms with Gasteiger partial charge in [-0.15, -0.1) is 11.3 Å². The van der Waals surface area contributed by atoms with Gasteiger partial charge in [0.05, 0.1) is 5.52 Å². The number of benzene rings is 10. The molecular formula is C55H33NS. The van der Waals surface area contributed by atoms with Gasteiger partial charge in [-0.3, -0.25) is 4.98 Å². The van der Waals surface area contributed by atoms with Gasteiger partial charge >= 0.3 is 0 Å². The van der Waals surface area contributed by atoms with Crippen LogP contribution in [0.3, 0.4) is 0 Å². The monoisotopic (exact) mass is 739 g/mol. The van der Waals surface area contributed by atoms with E-state index in [-0.39, 0.29) is 0 Å². The number of nitrogens with zero attached hydrogens (tertiary/aromatic N) is 1. The smallest absolute Gasteiger partial charge is 0.0708 e. The van der Waals surface area contributed by atoms with Gasteiger partial charge in [-0.25, -0.2) is 0 Å². The zero-order valence-electron chi connectivity index (χ0n) is 30.9. The van der Waals surface area contributed by atoms with E-state index < -0.39 is 0 Å². The predicted octanol–water partition coefficient (Wildman–Crippen LogP) is 15.9. The van der Waals surface area contributed by atoms with Crippen molar-refractivity contribution in [1.29, 1.82) is 0 Å². The largest absolute Gasteiger partial charge is 0.256 e. The molecule has 0 saturated heterocycles. The summed E-state index contributed by atoms with van der Waals surface area (Å²) in [5, 5.41) is 13.9. The standard InChI is InChI=1S/C55H33NS/c1-2-14-35(15-3-1)51-42-21-8-10-23-44(42)54(45-24-11-9-22-43(45)51)47-26-12-25-46-48-32-36(29-30-50(48)57-55(46)47)52-38-17-4-6-19-40(38)53(41-20-7-5-18-39(41)52)37-28-27-34-16-13-31-56-49(34)33-37/h1-33H. The molecule has 264 valence electrons. The lowest BCUT2D eigenvalue weighted by atomic mass is 9.85. The van der Waals surface area contributed by atoms with Crippen LogP contribution in [0.15, 0.2) is 200 Å². The van der Waals surface area contributed by atoms with Crippen molar-refractivity contribution in [3.05, 3.63) is 200 Å². The van der Waals surface area contributed by atoms with E-state index in [4.69, 9.17) is 4.98 Å². The highest BCUT2D eigenvalue weighted by atomic mass is 32.1. The third kappa shape index (κ3) is 4.91. The average Bonchev–Trinajstić information content (AvgIpc) is 3.66. The van der Waals surface area contributed by atoms with Crippen LogP contribution in [0, 0.1) is 0 Å². The van der Waals surface area contributed by atoms with Crippen molar-refractivity contribution in [2.45, 2.75) is 0 Å². The van der Waals surface area contributed by atoms with Gasteiger partial charge in [0, 0.05) is 37.3 Å². The minimum Gasteiger partial charge on any atom is -0.256 e. The predicted molar refractivity (Wildman–Crippen MR) is 246 cm³/mol. The average molecular weight is 740 g/mol. The summed E-state index contributed by atoms with van der Waals surface area (Å²) in [6, 6.07) is 71.5. The molecule has 0 aliphatic rings. The number of fused-ring (bicyclic) bond motifs is 8. The Kier molecular flexibility index (Phi) is 7.17. The highest BCUT2D eigenvalue weighted by Crippen LogP contribution is 2.49. The Balaban J connectivity index is 1.10. The molecule has 2 aromatic heterocycles. The van der Waals surface area contributed by atoms with Crippen LogP contribution in [0.2, 0.25) is 0 Å². The molecule has 1 nitrogen and oxygen atoms in total. The molecule has 0 radical (unpaired) electrons. The van der Waals surface area contributed by atoms with E-state index in [1.54, 1.807) is 0 Å². The van der Waals surface area contributed by atoms with Crippen molar-refractivity contribution in [3.63, 3.8) is 0 Å². The van der Waals surface area contributed by atoms with Gasteiger partial charge < -0.3 is 0 Å². The summed E-state index contributed by atoms with van der Waals surface area (Å²) in [4.78, 5) is 4.71. The Bertz CT molecular complexity index is 3460. The summed E-state index contributed by atoms with van der Waals surface area (Å²) in [7, 11) is 0. The lowest BCUT2D eigenvalue weighted by molar-refractivity contribution is 1.41. The molecule has 0 atom stereocenters. The molecule has 0 unspecified atom stereocenters. The van der Waals surface area contributed by atoms with Crippen LogP contribution >= 0.6 is 11.3 Å². The first-order valence-electron chi connectivity index (χ1n) is 19.5. The second-order valence-corrected chi connectivity index (χ2v) is 16.0. The van der Waals surface area contributed by atoms with Crippen LogP contribution in [0.1, 0.15) is 0 Å². The van der Waals surface area contributed by atoms with Crippen LogP contribution in [-0.2, 0) is 0 Å². The van der Waals surface area contributed by atoms with Gasteiger partial charge in [0.15, 0.2) is 0 Å². The second-order valence-electron chi connectivity index (χ2n) is 15.0. The van der Waals surface area contributed by atoms with Gasteiger partial charge in [-0.2, -0.15) is 0 Å². The molecular weight excluding hydrogens is 707 g/mol.